The Morgan fingerprint density at radius 3 is 2.83 bits per heavy atom. The highest BCUT2D eigenvalue weighted by atomic mass is 79.9. The number of nitrogens with zero attached hydrogens (tertiary/aromatic N) is 1. The fourth-order valence-corrected chi connectivity index (χ4v) is 3.78. The first-order valence-corrected chi connectivity index (χ1v) is 8.12. The van der Waals surface area contributed by atoms with Crippen molar-refractivity contribution in [1.82, 2.24) is 5.32 Å². The van der Waals surface area contributed by atoms with Crippen LogP contribution in [0.25, 0.3) is 0 Å². The lowest BCUT2D eigenvalue weighted by Crippen LogP contribution is -2.60. The van der Waals surface area contributed by atoms with Crippen LogP contribution in [0.3, 0.4) is 0 Å². The average molecular weight is 374 g/mol. The Kier molecular flexibility index (Phi) is 3.45. The standard InChI is InChI=1S/C14H18Br2N2/c1-14(10-2-3-10)9-18(7-6-17-14)13-8-11(15)4-5-12(13)16/h4-5,8,10,17H,2-3,6-7,9H2,1H3. The van der Waals surface area contributed by atoms with E-state index in [-0.39, 0.29) is 0 Å². The minimum absolute atomic E-state index is 0.292. The van der Waals surface area contributed by atoms with Gasteiger partial charge in [-0.05, 0) is 59.8 Å². The summed E-state index contributed by atoms with van der Waals surface area (Å²) in [5.41, 5.74) is 1.60. The first-order valence-electron chi connectivity index (χ1n) is 6.53. The van der Waals surface area contributed by atoms with Crippen molar-refractivity contribution in [2.75, 3.05) is 24.5 Å². The van der Waals surface area contributed by atoms with Gasteiger partial charge in [0, 0.05) is 34.1 Å². The molecule has 1 saturated heterocycles. The van der Waals surface area contributed by atoms with Crippen LogP contribution < -0.4 is 10.2 Å². The largest absolute Gasteiger partial charge is 0.367 e. The second-order valence-electron chi connectivity index (χ2n) is 5.64. The molecule has 4 heteroatoms. The van der Waals surface area contributed by atoms with E-state index in [0.717, 1.165) is 30.0 Å². The van der Waals surface area contributed by atoms with E-state index >= 15 is 0 Å². The third kappa shape index (κ3) is 2.47. The number of nitrogens with one attached hydrogen (secondary N) is 1. The molecule has 0 radical (unpaired) electrons. The van der Waals surface area contributed by atoms with Gasteiger partial charge in [0.05, 0.1) is 5.69 Å². The van der Waals surface area contributed by atoms with Gasteiger partial charge in [-0.2, -0.15) is 0 Å². The van der Waals surface area contributed by atoms with Crippen LogP contribution in [-0.2, 0) is 0 Å². The summed E-state index contributed by atoms with van der Waals surface area (Å²) in [6.07, 6.45) is 2.77. The molecule has 1 aliphatic carbocycles. The van der Waals surface area contributed by atoms with Crippen molar-refractivity contribution in [3.05, 3.63) is 27.1 Å². The molecule has 2 fully saturated rings. The van der Waals surface area contributed by atoms with Gasteiger partial charge in [-0.15, -0.1) is 0 Å². The fourth-order valence-electron chi connectivity index (χ4n) is 2.94. The molecule has 1 heterocycles. The third-order valence-corrected chi connectivity index (χ3v) is 5.32. The Balaban J connectivity index is 1.85. The van der Waals surface area contributed by atoms with Crippen molar-refractivity contribution in [1.29, 1.82) is 0 Å². The maximum atomic E-state index is 3.72. The van der Waals surface area contributed by atoms with E-state index in [1.165, 1.54) is 23.0 Å². The summed E-state index contributed by atoms with van der Waals surface area (Å²) >= 11 is 7.24. The van der Waals surface area contributed by atoms with Crippen LogP contribution in [0.2, 0.25) is 0 Å². The van der Waals surface area contributed by atoms with E-state index in [9.17, 15) is 0 Å². The fraction of sp³-hybridized carbons (Fsp3) is 0.571. The second kappa shape index (κ2) is 4.80. The van der Waals surface area contributed by atoms with E-state index in [1.54, 1.807) is 0 Å². The van der Waals surface area contributed by atoms with Gasteiger partial charge in [0.25, 0.3) is 0 Å². The molecule has 0 bridgehead atoms. The lowest BCUT2D eigenvalue weighted by atomic mass is 9.92. The van der Waals surface area contributed by atoms with Gasteiger partial charge in [-0.3, -0.25) is 0 Å². The molecule has 0 aromatic heterocycles. The molecule has 0 spiro atoms. The molecule has 2 nitrogen and oxygen atoms in total. The number of benzene rings is 1. The van der Waals surface area contributed by atoms with E-state index in [0.29, 0.717) is 5.54 Å². The van der Waals surface area contributed by atoms with Crippen molar-refractivity contribution < 1.29 is 0 Å². The molecule has 1 unspecified atom stereocenters. The number of piperazine rings is 1. The molecule has 2 aliphatic rings. The molecule has 0 amide bonds. The molecular weight excluding hydrogens is 356 g/mol. The first kappa shape index (κ1) is 12.9. The van der Waals surface area contributed by atoms with Gasteiger partial charge < -0.3 is 10.2 Å². The SMILES string of the molecule is CC1(C2CC2)CN(c2cc(Br)ccc2Br)CCN1. The van der Waals surface area contributed by atoms with Crippen LogP contribution in [0.5, 0.6) is 0 Å². The highest BCUT2D eigenvalue weighted by Gasteiger charge is 2.44. The molecule has 1 saturated carbocycles. The quantitative estimate of drug-likeness (QED) is 0.848. The molecular formula is C14H18Br2N2. The normalized spacial score (nSPS) is 28.5. The molecule has 1 N–H and O–H groups in total. The van der Waals surface area contributed by atoms with Crippen molar-refractivity contribution in [2.24, 2.45) is 5.92 Å². The van der Waals surface area contributed by atoms with Crippen LogP contribution >= 0.6 is 31.9 Å². The summed E-state index contributed by atoms with van der Waals surface area (Å²) in [4.78, 5) is 2.50. The van der Waals surface area contributed by atoms with Crippen molar-refractivity contribution in [2.45, 2.75) is 25.3 Å². The number of halogens is 2. The molecule has 1 atom stereocenters. The Morgan fingerprint density at radius 1 is 1.33 bits per heavy atom. The topological polar surface area (TPSA) is 15.3 Å². The Morgan fingerprint density at radius 2 is 2.11 bits per heavy atom. The summed E-state index contributed by atoms with van der Waals surface area (Å²) in [6.45, 7) is 5.64. The Hall–Kier alpha value is -0.0600. The van der Waals surface area contributed by atoms with Crippen molar-refractivity contribution in [3.8, 4) is 0 Å². The van der Waals surface area contributed by atoms with Crippen LogP contribution in [0.4, 0.5) is 5.69 Å². The van der Waals surface area contributed by atoms with Crippen LogP contribution in [0, 0.1) is 5.92 Å². The molecule has 1 aromatic carbocycles. The maximum absolute atomic E-state index is 3.72. The minimum Gasteiger partial charge on any atom is -0.367 e. The number of rotatable bonds is 2. The lowest BCUT2D eigenvalue weighted by molar-refractivity contribution is 0.285. The first-order chi connectivity index (χ1) is 8.58. The molecule has 1 aromatic rings. The highest BCUT2D eigenvalue weighted by molar-refractivity contribution is 9.11. The van der Waals surface area contributed by atoms with Gasteiger partial charge in [0.2, 0.25) is 0 Å². The molecule has 3 rings (SSSR count). The maximum Gasteiger partial charge on any atom is 0.0523 e. The highest BCUT2D eigenvalue weighted by Crippen LogP contribution is 2.42. The summed E-state index contributed by atoms with van der Waals surface area (Å²) in [7, 11) is 0. The minimum atomic E-state index is 0.292. The van der Waals surface area contributed by atoms with Gasteiger partial charge in [-0.25, -0.2) is 0 Å². The Bertz CT molecular complexity index is 459. The predicted molar refractivity (Wildman–Crippen MR) is 83.2 cm³/mol. The zero-order valence-electron chi connectivity index (χ0n) is 10.5. The lowest BCUT2D eigenvalue weighted by Gasteiger charge is -2.43. The molecule has 98 valence electrons. The summed E-state index contributed by atoms with van der Waals surface area (Å²) in [5.74, 6) is 0.867. The van der Waals surface area contributed by atoms with Crippen molar-refractivity contribution >= 4 is 37.5 Å². The summed E-state index contributed by atoms with van der Waals surface area (Å²) < 4.78 is 2.33. The second-order valence-corrected chi connectivity index (χ2v) is 7.41. The van der Waals surface area contributed by atoms with Gasteiger partial charge in [0.1, 0.15) is 0 Å². The van der Waals surface area contributed by atoms with Crippen LogP contribution in [-0.4, -0.2) is 25.2 Å². The molecule has 1 aliphatic heterocycles. The van der Waals surface area contributed by atoms with Crippen molar-refractivity contribution in [3.63, 3.8) is 0 Å². The summed E-state index contributed by atoms with van der Waals surface area (Å²) in [5, 5.41) is 3.72. The number of anilines is 1. The van der Waals surface area contributed by atoms with Gasteiger partial charge in [-0.1, -0.05) is 15.9 Å². The number of hydrogen-bond donors (Lipinski definition) is 1. The van der Waals surface area contributed by atoms with E-state index in [2.05, 4.69) is 67.2 Å². The van der Waals surface area contributed by atoms with E-state index < -0.39 is 0 Å². The van der Waals surface area contributed by atoms with Gasteiger partial charge in [0.15, 0.2) is 0 Å². The zero-order valence-corrected chi connectivity index (χ0v) is 13.7. The van der Waals surface area contributed by atoms with Crippen LogP contribution in [0.15, 0.2) is 27.1 Å². The average Bonchev–Trinajstić information content (AvgIpc) is 3.17. The Labute approximate surface area is 125 Å². The summed E-state index contributed by atoms with van der Waals surface area (Å²) in [6, 6.07) is 6.41. The zero-order chi connectivity index (χ0) is 12.8. The van der Waals surface area contributed by atoms with E-state index in [1.807, 2.05) is 0 Å². The smallest absolute Gasteiger partial charge is 0.0523 e. The number of hydrogen-bond acceptors (Lipinski definition) is 2. The molecule has 18 heavy (non-hydrogen) atoms. The third-order valence-electron chi connectivity index (χ3n) is 4.16. The monoisotopic (exact) mass is 372 g/mol. The van der Waals surface area contributed by atoms with Crippen LogP contribution in [0.1, 0.15) is 19.8 Å². The predicted octanol–water partition coefficient (Wildman–Crippen LogP) is 3.79. The van der Waals surface area contributed by atoms with Gasteiger partial charge >= 0.3 is 0 Å². The van der Waals surface area contributed by atoms with E-state index in [4.69, 9.17) is 0 Å².